The number of nitrogens with zero attached hydrogens (tertiary/aromatic N) is 3. The number of anilines is 1. The summed E-state index contributed by atoms with van der Waals surface area (Å²) in [6.45, 7) is 8.58. The van der Waals surface area contributed by atoms with E-state index in [2.05, 4.69) is 16.8 Å². The average molecular weight is 303 g/mol. The van der Waals surface area contributed by atoms with Gasteiger partial charge < -0.3 is 4.90 Å². The molecule has 0 unspecified atom stereocenters. The summed E-state index contributed by atoms with van der Waals surface area (Å²) in [6.07, 6.45) is 0.674. The molecule has 0 radical (unpaired) electrons. The maximum atomic E-state index is 12.0. The van der Waals surface area contributed by atoms with Crippen molar-refractivity contribution in [1.82, 2.24) is 9.29 Å². The monoisotopic (exact) mass is 303 g/mol. The zero-order chi connectivity index (χ0) is 14.0. The average Bonchev–Trinajstić information content (AvgIpc) is 2.70. The van der Waals surface area contributed by atoms with Gasteiger partial charge in [-0.3, -0.25) is 0 Å². The number of hydrogen-bond acceptors (Lipinski definition) is 5. The predicted molar refractivity (Wildman–Crippen MR) is 79.5 cm³/mol. The van der Waals surface area contributed by atoms with Crippen molar-refractivity contribution in [2.24, 2.45) is 0 Å². The Morgan fingerprint density at radius 1 is 1.21 bits per heavy atom. The van der Waals surface area contributed by atoms with E-state index >= 15 is 0 Å². The van der Waals surface area contributed by atoms with Gasteiger partial charge in [-0.05, 0) is 20.3 Å². The van der Waals surface area contributed by atoms with Crippen LogP contribution in [0.5, 0.6) is 0 Å². The molecule has 2 rings (SSSR count). The molecule has 0 N–H and O–H groups in total. The summed E-state index contributed by atoms with van der Waals surface area (Å²) in [5, 5.41) is 1.02. The quantitative estimate of drug-likeness (QED) is 0.848. The van der Waals surface area contributed by atoms with Crippen LogP contribution in [0.15, 0.2) is 0 Å². The van der Waals surface area contributed by atoms with Crippen LogP contribution < -0.4 is 4.90 Å². The zero-order valence-electron chi connectivity index (χ0n) is 11.7. The van der Waals surface area contributed by atoms with Gasteiger partial charge in [0, 0.05) is 31.1 Å². The summed E-state index contributed by atoms with van der Waals surface area (Å²) in [7, 11) is -3.05. The van der Waals surface area contributed by atoms with E-state index in [1.807, 2.05) is 13.8 Å². The van der Waals surface area contributed by atoms with E-state index in [4.69, 9.17) is 0 Å². The lowest BCUT2D eigenvalue weighted by Crippen LogP contribution is -2.49. The third kappa shape index (κ3) is 3.27. The number of piperazine rings is 1. The molecule has 0 aliphatic carbocycles. The fourth-order valence-corrected chi connectivity index (χ4v) is 4.59. The maximum Gasteiger partial charge on any atom is 0.214 e. The minimum Gasteiger partial charge on any atom is -0.345 e. The van der Waals surface area contributed by atoms with Crippen molar-refractivity contribution in [3.8, 4) is 0 Å². The highest BCUT2D eigenvalue weighted by atomic mass is 32.2. The SMILES string of the molecule is CCCS(=O)(=O)N1CCN(c2nc(C)c(C)s2)CC1. The van der Waals surface area contributed by atoms with Crippen LogP contribution in [-0.4, -0.2) is 49.6 Å². The summed E-state index contributed by atoms with van der Waals surface area (Å²) in [5.74, 6) is 0.252. The Balaban J connectivity index is 1.99. The third-order valence-electron chi connectivity index (χ3n) is 3.38. The molecule has 5 nitrogen and oxygen atoms in total. The first kappa shape index (κ1) is 14.7. The van der Waals surface area contributed by atoms with Gasteiger partial charge in [0.2, 0.25) is 10.0 Å². The first-order valence-corrected chi connectivity index (χ1v) is 9.03. The topological polar surface area (TPSA) is 53.5 Å². The Hall–Kier alpha value is -0.660. The molecule has 1 saturated heterocycles. The number of aryl methyl sites for hydroxylation is 2. The smallest absolute Gasteiger partial charge is 0.214 e. The van der Waals surface area contributed by atoms with Crippen LogP contribution in [0.25, 0.3) is 0 Å². The molecule has 0 saturated carbocycles. The maximum absolute atomic E-state index is 12.0. The van der Waals surface area contributed by atoms with E-state index in [0.717, 1.165) is 23.9 Å². The van der Waals surface area contributed by atoms with Crippen molar-refractivity contribution >= 4 is 26.5 Å². The molecule has 1 aromatic rings. The van der Waals surface area contributed by atoms with Gasteiger partial charge in [-0.15, -0.1) is 11.3 Å². The summed E-state index contributed by atoms with van der Waals surface area (Å²) >= 11 is 1.69. The molecule has 0 bridgehead atoms. The highest BCUT2D eigenvalue weighted by Gasteiger charge is 2.27. The van der Waals surface area contributed by atoms with Crippen LogP contribution in [0.2, 0.25) is 0 Å². The fraction of sp³-hybridized carbons (Fsp3) is 0.750. The second-order valence-corrected chi connectivity index (χ2v) is 8.11. The van der Waals surface area contributed by atoms with Gasteiger partial charge in [0.05, 0.1) is 11.4 Å². The standard InChI is InChI=1S/C12H21N3O2S2/c1-4-9-19(16,17)15-7-5-14(6-8-15)12-13-10(2)11(3)18-12/h4-9H2,1-3H3. The largest absolute Gasteiger partial charge is 0.345 e. The first-order chi connectivity index (χ1) is 8.94. The molecular formula is C12H21N3O2S2. The molecule has 0 spiro atoms. The Bertz CT molecular complexity index is 512. The molecule has 1 aliphatic heterocycles. The summed E-state index contributed by atoms with van der Waals surface area (Å²) in [6, 6.07) is 0. The predicted octanol–water partition coefficient (Wildman–Crippen LogP) is 1.62. The van der Waals surface area contributed by atoms with Gasteiger partial charge in [-0.2, -0.15) is 4.31 Å². The van der Waals surface area contributed by atoms with E-state index in [-0.39, 0.29) is 5.75 Å². The minimum absolute atomic E-state index is 0.252. The third-order valence-corrected chi connectivity index (χ3v) is 6.59. The molecule has 0 aromatic carbocycles. The van der Waals surface area contributed by atoms with Crippen LogP contribution in [0.4, 0.5) is 5.13 Å². The van der Waals surface area contributed by atoms with Crippen molar-refractivity contribution in [1.29, 1.82) is 0 Å². The van der Waals surface area contributed by atoms with Crippen molar-refractivity contribution < 1.29 is 8.42 Å². The second-order valence-electron chi connectivity index (χ2n) is 4.84. The van der Waals surface area contributed by atoms with Gasteiger partial charge in [-0.25, -0.2) is 13.4 Å². The van der Waals surface area contributed by atoms with Gasteiger partial charge in [0.15, 0.2) is 5.13 Å². The van der Waals surface area contributed by atoms with Crippen LogP contribution in [0, 0.1) is 13.8 Å². The molecule has 19 heavy (non-hydrogen) atoms. The Labute approximate surface area is 119 Å². The first-order valence-electron chi connectivity index (χ1n) is 6.61. The van der Waals surface area contributed by atoms with E-state index in [0.29, 0.717) is 19.5 Å². The molecule has 1 aromatic heterocycles. The number of sulfonamides is 1. The summed E-state index contributed by atoms with van der Waals surface area (Å²) in [5.41, 5.74) is 1.07. The molecule has 7 heteroatoms. The Morgan fingerprint density at radius 3 is 2.32 bits per heavy atom. The van der Waals surface area contributed by atoms with Crippen molar-refractivity contribution in [2.75, 3.05) is 36.8 Å². The van der Waals surface area contributed by atoms with E-state index in [1.165, 1.54) is 4.88 Å². The van der Waals surface area contributed by atoms with Crippen molar-refractivity contribution in [2.45, 2.75) is 27.2 Å². The molecule has 1 aliphatic rings. The van der Waals surface area contributed by atoms with E-state index in [9.17, 15) is 8.42 Å². The van der Waals surface area contributed by atoms with Crippen LogP contribution >= 0.6 is 11.3 Å². The lowest BCUT2D eigenvalue weighted by atomic mass is 10.4. The van der Waals surface area contributed by atoms with Gasteiger partial charge in [-0.1, -0.05) is 6.92 Å². The molecule has 2 heterocycles. The molecule has 0 amide bonds. The second kappa shape index (κ2) is 5.76. The molecule has 0 atom stereocenters. The van der Waals surface area contributed by atoms with Crippen LogP contribution in [0.1, 0.15) is 23.9 Å². The van der Waals surface area contributed by atoms with E-state index < -0.39 is 10.0 Å². The summed E-state index contributed by atoms with van der Waals surface area (Å²) in [4.78, 5) is 7.95. The van der Waals surface area contributed by atoms with Gasteiger partial charge >= 0.3 is 0 Å². The highest BCUT2D eigenvalue weighted by Crippen LogP contribution is 2.26. The number of rotatable bonds is 4. The molecular weight excluding hydrogens is 282 g/mol. The number of aromatic nitrogens is 1. The van der Waals surface area contributed by atoms with Crippen LogP contribution in [0.3, 0.4) is 0 Å². The minimum atomic E-state index is -3.05. The fourth-order valence-electron chi connectivity index (χ4n) is 2.14. The van der Waals surface area contributed by atoms with E-state index in [1.54, 1.807) is 15.6 Å². The van der Waals surface area contributed by atoms with Crippen molar-refractivity contribution in [3.63, 3.8) is 0 Å². The highest BCUT2D eigenvalue weighted by molar-refractivity contribution is 7.89. The van der Waals surface area contributed by atoms with Gasteiger partial charge in [0.25, 0.3) is 0 Å². The lowest BCUT2D eigenvalue weighted by molar-refractivity contribution is 0.384. The number of hydrogen-bond donors (Lipinski definition) is 0. The Kier molecular flexibility index (Phi) is 4.47. The molecule has 1 fully saturated rings. The van der Waals surface area contributed by atoms with Crippen LogP contribution in [-0.2, 0) is 10.0 Å². The lowest BCUT2D eigenvalue weighted by Gasteiger charge is -2.33. The normalized spacial score (nSPS) is 17.9. The van der Waals surface area contributed by atoms with Crippen molar-refractivity contribution in [3.05, 3.63) is 10.6 Å². The zero-order valence-corrected chi connectivity index (χ0v) is 13.4. The summed E-state index contributed by atoms with van der Waals surface area (Å²) < 4.78 is 25.6. The van der Waals surface area contributed by atoms with Gasteiger partial charge in [0.1, 0.15) is 0 Å². The number of thiazole rings is 1. The Morgan fingerprint density at radius 2 is 1.84 bits per heavy atom. The molecule has 108 valence electrons.